The van der Waals surface area contributed by atoms with Gasteiger partial charge in [-0.15, -0.1) is 0 Å². The summed E-state index contributed by atoms with van der Waals surface area (Å²) in [5, 5.41) is 13.7. The Hall–Kier alpha value is -2.48. The summed E-state index contributed by atoms with van der Waals surface area (Å²) in [6.45, 7) is 12.6. The van der Waals surface area contributed by atoms with E-state index in [2.05, 4.69) is 39.9 Å². The lowest BCUT2D eigenvalue weighted by molar-refractivity contribution is -0.199. The Morgan fingerprint density at radius 2 is 1.65 bits per heavy atom. The number of carbonyl (C=O) groups is 2. The minimum absolute atomic E-state index is 0.0221. The third-order valence-electron chi connectivity index (χ3n) is 9.99. The first-order chi connectivity index (χ1) is 18.9. The van der Waals surface area contributed by atoms with Gasteiger partial charge in [0.15, 0.2) is 5.78 Å². The van der Waals surface area contributed by atoms with E-state index >= 15 is 0 Å². The summed E-state index contributed by atoms with van der Waals surface area (Å²) in [4.78, 5) is 26.8. The topological polar surface area (TPSA) is 84.9 Å². The molecule has 214 valence electrons. The summed E-state index contributed by atoms with van der Waals surface area (Å²) in [6.07, 6.45) is 1.79. The van der Waals surface area contributed by atoms with E-state index in [4.69, 9.17) is 9.31 Å². The molecule has 0 radical (unpaired) electrons. The van der Waals surface area contributed by atoms with E-state index in [1.54, 1.807) is 19.1 Å². The molecule has 6 rings (SSSR count). The Bertz CT molecular complexity index is 1210. The summed E-state index contributed by atoms with van der Waals surface area (Å²) in [5.74, 6) is -0.378. The van der Waals surface area contributed by atoms with E-state index < -0.39 is 19.1 Å². The highest BCUT2D eigenvalue weighted by molar-refractivity contribution is 6.47. The molecule has 4 fully saturated rings. The molecule has 0 spiro atoms. The van der Waals surface area contributed by atoms with Gasteiger partial charge in [0, 0.05) is 12.0 Å². The smallest absolute Gasteiger partial charge is 0.404 e. The van der Waals surface area contributed by atoms with Gasteiger partial charge in [-0.2, -0.15) is 0 Å². The Morgan fingerprint density at radius 3 is 2.25 bits per heavy atom. The third-order valence-corrected chi connectivity index (χ3v) is 9.99. The van der Waals surface area contributed by atoms with Crippen LogP contribution < -0.4 is 5.32 Å². The number of aliphatic hydroxyl groups excluding tert-OH is 1. The normalized spacial score (nSPS) is 28.8. The number of amides is 1. The highest BCUT2D eigenvalue weighted by atomic mass is 16.7. The number of rotatable bonds is 10. The quantitative estimate of drug-likeness (QED) is 0.295. The summed E-state index contributed by atoms with van der Waals surface area (Å²) in [5.41, 5.74) is 2.49. The van der Waals surface area contributed by atoms with Crippen LogP contribution in [0.2, 0.25) is 0 Å². The third kappa shape index (κ3) is 5.40. The molecule has 1 amide bonds. The number of benzene rings is 2. The summed E-state index contributed by atoms with van der Waals surface area (Å²) in [6, 6.07) is 17.4. The van der Waals surface area contributed by atoms with Crippen LogP contribution in [0.4, 0.5) is 0 Å². The van der Waals surface area contributed by atoms with Crippen LogP contribution in [0.5, 0.6) is 0 Å². The van der Waals surface area contributed by atoms with Crippen LogP contribution in [0.1, 0.15) is 77.6 Å². The highest BCUT2D eigenvalue weighted by Crippen LogP contribution is 2.65. The average Bonchev–Trinajstić information content (AvgIpc) is 3.28. The van der Waals surface area contributed by atoms with E-state index in [9.17, 15) is 14.7 Å². The summed E-state index contributed by atoms with van der Waals surface area (Å²) < 4.78 is 13.2. The van der Waals surface area contributed by atoms with Gasteiger partial charge in [0.25, 0.3) is 0 Å². The van der Waals surface area contributed by atoms with Gasteiger partial charge in [-0.25, -0.2) is 0 Å². The first-order valence-corrected chi connectivity index (χ1v) is 14.9. The molecule has 0 aromatic heterocycles. The fourth-order valence-electron chi connectivity index (χ4n) is 7.39. The van der Waals surface area contributed by atoms with Crippen LogP contribution in [0, 0.1) is 29.1 Å². The van der Waals surface area contributed by atoms with Crippen molar-refractivity contribution in [2.75, 3.05) is 0 Å². The number of nitrogens with one attached hydrogen (secondary N) is 1. The van der Waals surface area contributed by atoms with Crippen LogP contribution in [-0.4, -0.2) is 47.7 Å². The number of hydrogen-bond acceptors (Lipinski definition) is 5. The second kappa shape index (κ2) is 11.1. The minimum Gasteiger partial charge on any atom is -0.404 e. The second-order valence-electron chi connectivity index (χ2n) is 13.5. The lowest BCUT2D eigenvalue weighted by Crippen LogP contribution is -2.65. The number of aliphatic hydroxyl groups is 1. The molecule has 2 aromatic rings. The predicted molar refractivity (Wildman–Crippen MR) is 157 cm³/mol. The SMILES string of the molecule is CC(C)C[C@H](NC(=O)[C@@H](CC(=O)c1ccc(-c2ccccc2)cc1)[C@@H](C)O)B1O[C@@H]2C[C@H]3C[C@H](C3(C)C)[C@]2(C)O1. The zero-order valence-corrected chi connectivity index (χ0v) is 24.7. The van der Waals surface area contributed by atoms with Crippen molar-refractivity contribution in [2.24, 2.45) is 29.1 Å². The van der Waals surface area contributed by atoms with Crippen molar-refractivity contribution in [3.8, 4) is 11.1 Å². The maximum absolute atomic E-state index is 13.6. The Labute approximate surface area is 239 Å². The number of ketones is 1. The molecular formula is C33H44BNO5. The van der Waals surface area contributed by atoms with Gasteiger partial charge in [-0.3, -0.25) is 9.59 Å². The lowest BCUT2D eigenvalue weighted by Gasteiger charge is -2.64. The summed E-state index contributed by atoms with van der Waals surface area (Å²) in [7, 11) is -0.549. The molecule has 1 aliphatic heterocycles. The average molecular weight is 546 g/mol. The van der Waals surface area contributed by atoms with Crippen molar-refractivity contribution < 1.29 is 24.0 Å². The van der Waals surface area contributed by atoms with Crippen LogP contribution in [-0.2, 0) is 14.1 Å². The van der Waals surface area contributed by atoms with E-state index in [-0.39, 0.29) is 41.2 Å². The maximum Gasteiger partial charge on any atom is 0.481 e. The molecule has 6 nitrogen and oxygen atoms in total. The molecule has 1 heterocycles. The molecular weight excluding hydrogens is 501 g/mol. The van der Waals surface area contributed by atoms with Gasteiger partial charge in [0.05, 0.1) is 29.7 Å². The van der Waals surface area contributed by atoms with E-state index in [0.717, 1.165) is 24.0 Å². The maximum atomic E-state index is 13.6. The molecule has 2 aromatic carbocycles. The van der Waals surface area contributed by atoms with Gasteiger partial charge < -0.3 is 19.7 Å². The Morgan fingerprint density at radius 1 is 1.00 bits per heavy atom. The second-order valence-corrected chi connectivity index (χ2v) is 13.5. The zero-order chi connectivity index (χ0) is 28.8. The van der Waals surface area contributed by atoms with E-state index in [1.807, 2.05) is 42.5 Å². The van der Waals surface area contributed by atoms with Gasteiger partial charge in [-0.1, -0.05) is 82.3 Å². The fourth-order valence-corrected chi connectivity index (χ4v) is 7.39. The van der Waals surface area contributed by atoms with Crippen molar-refractivity contribution in [1.29, 1.82) is 0 Å². The molecule has 2 N–H and O–H groups in total. The van der Waals surface area contributed by atoms with Gasteiger partial charge in [0.2, 0.25) is 5.91 Å². The molecule has 3 aliphatic carbocycles. The lowest BCUT2D eigenvalue weighted by atomic mass is 9.43. The molecule has 4 aliphatic rings. The van der Waals surface area contributed by atoms with Crippen LogP contribution in [0.25, 0.3) is 11.1 Å². The monoisotopic (exact) mass is 545 g/mol. The molecule has 1 saturated heterocycles. The van der Waals surface area contributed by atoms with Crippen LogP contribution >= 0.6 is 0 Å². The van der Waals surface area contributed by atoms with Crippen molar-refractivity contribution in [3.05, 3.63) is 60.2 Å². The van der Waals surface area contributed by atoms with Gasteiger partial charge >= 0.3 is 7.12 Å². The number of Topliss-reactive ketones (excluding diaryl/α,β-unsaturated/α-hetero) is 1. The summed E-state index contributed by atoms with van der Waals surface area (Å²) >= 11 is 0. The van der Waals surface area contributed by atoms with E-state index in [1.165, 1.54) is 0 Å². The molecule has 0 unspecified atom stereocenters. The van der Waals surface area contributed by atoms with Crippen LogP contribution in [0.3, 0.4) is 0 Å². The van der Waals surface area contributed by atoms with Crippen LogP contribution in [0.15, 0.2) is 54.6 Å². The highest BCUT2D eigenvalue weighted by Gasteiger charge is 2.68. The first-order valence-electron chi connectivity index (χ1n) is 14.9. The largest absolute Gasteiger partial charge is 0.481 e. The molecule has 7 heteroatoms. The van der Waals surface area contributed by atoms with Gasteiger partial charge in [-0.05, 0) is 67.4 Å². The number of carbonyl (C=O) groups excluding carboxylic acids is 2. The molecule has 40 heavy (non-hydrogen) atoms. The van der Waals surface area contributed by atoms with Crippen molar-refractivity contribution in [3.63, 3.8) is 0 Å². The fraction of sp³-hybridized carbons (Fsp3) is 0.576. The Kier molecular flexibility index (Phi) is 8.04. The molecule has 2 bridgehead atoms. The van der Waals surface area contributed by atoms with Gasteiger partial charge in [0.1, 0.15) is 0 Å². The van der Waals surface area contributed by atoms with Crippen molar-refractivity contribution in [1.82, 2.24) is 5.32 Å². The van der Waals surface area contributed by atoms with Crippen molar-refractivity contribution in [2.45, 2.75) is 91.0 Å². The molecule has 3 saturated carbocycles. The predicted octanol–water partition coefficient (Wildman–Crippen LogP) is 5.72. The first kappa shape index (κ1) is 29.0. The van der Waals surface area contributed by atoms with E-state index in [0.29, 0.717) is 29.7 Å². The molecule has 7 atom stereocenters. The Balaban J connectivity index is 1.27. The minimum atomic E-state index is -0.981. The standard InChI is InChI=1S/C33H44BNO5/c1-20(2)16-30(34-39-29-18-25-17-28(32(25,4)5)33(29,6)40-34)35-31(38)26(21(3)36)19-27(37)24-14-12-23(13-15-24)22-10-8-7-9-11-22/h7-15,20-21,25-26,28-30,36H,16-19H2,1-6H3,(H,35,38)/t21-,25-,26+,28-,29-,30+,33+/m1/s1. The number of hydrogen-bond donors (Lipinski definition) is 2. The van der Waals surface area contributed by atoms with Crippen molar-refractivity contribution >= 4 is 18.8 Å². The zero-order valence-electron chi connectivity index (χ0n) is 24.7.